The Hall–Kier alpha value is -1.84. The van der Waals surface area contributed by atoms with Crippen LogP contribution in [-0.2, 0) is 9.59 Å². The Kier molecular flexibility index (Phi) is 4.42. The molecule has 0 aliphatic heterocycles. The van der Waals surface area contributed by atoms with Crippen molar-refractivity contribution in [3.63, 3.8) is 0 Å². The van der Waals surface area contributed by atoms with Gasteiger partial charge in [-0.3, -0.25) is 4.79 Å². The summed E-state index contributed by atoms with van der Waals surface area (Å²) in [5, 5.41) is 12.1. The Morgan fingerprint density at radius 1 is 1.15 bits per heavy atom. The first kappa shape index (κ1) is 14.6. The molecule has 1 saturated carbocycles. The van der Waals surface area contributed by atoms with Crippen LogP contribution in [-0.4, -0.2) is 17.0 Å². The van der Waals surface area contributed by atoms with E-state index in [2.05, 4.69) is 5.32 Å². The highest BCUT2D eigenvalue weighted by atomic mass is 16.4. The molecule has 1 aromatic rings. The summed E-state index contributed by atoms with van der Waals surface area (Å²) in [4.78, 5) is 23.6. The molecule has 1 amide bonds. The number of aryl methyl sites for hydroxylation is 2. The van der Waals surface area contributed by atoms with Crippen LogP contribution in [0.25, 0.3) is 0 Å². The highest BCUT2D eigenvalue weighted by molar-refractivity contribution is 5.86. The maximum atomic E-state index is 12.1. The van der Waals surface area contributed by atoms with Crippen LogP contribution in [0.4, 0.5) is 0 Å². The molecule has 2 N–H and O–H groups in total. The van der Waals surface area contributed by atoms with Gasteiger partial charge < -0.3 is 10.4 Å². The van der Waals surface area contributed by atoms with Crippen LogP contribution in [0, 0.1) is 19.8 Å². The number of hydrogen-bond acceptors (Lipinski definition) is 2. The lowest BCUT2D eigenvalue weighted by Gasteiger charge is -2.18. The molecule has 1 unspecified atom stereocenters. The predicted molar refractivity (Wildman–Crippen MR) is 76.4 cm³/mol. The molecule has 0 heterocycles. The van der Waals surface area contributed by atoms with Crippen molar-refractivity contribution in [1.29, 1.82) is 0 Å². The van der Waals surface area contributed by atoms with Crippen LogP contribution in [0.15, 0.2) is 18.2 Å². The molecule has 0 bridgehead atoms. The summed E-state index contributed by atoms with van der Waals surface area (Å²) >= 11 is 0. The van der Waals surface area contributed by atoms with E-state index in [0.717, 1.165) is 36.8 Å². The van der Waals surface area contributed by atoms with Crippen molar-refractivity contribution in [3.05, 3.63) is 34.9 Å². The second-order valence-electron chi connectivity index (χ2n) is 5.68. The van der Waals surface area contributed by atoms with Crippen LogP contribution >= 0.6 is 0 Å². The number of carboxylic acid groups (broad SMARTS) is 1. The van der Waals surface area contributed by atoms with E-state index in [1.165, 1.54) is 0 Å². The van der Waals surface area contributed by atoms with Gasteiger partial charge in [0.25, 0.3) is 0 Å². The average Bonchev–Trinajstić information content (AvgIpc) is 2.87. The maximum absolute atomic E-state index is 12.1. The van der Waals surface area contributed by atoms with Gasteiger partial charge in [-0.15, -0.1) is 0 Å². The third-order valence-electron chi connectivity index (χ3n) is 3.84. The van der Waals surface area contributed by atoms with Crippen molar-refractivity contribution in [2.75, 3.05) is 0 Å². The molecule has 20 heavy (non-hydrogen) atoms. The van der Waals surface area contributed by atoms with Crippen LogP contribution in [0.5, 0.6) is 0 Å². The fourth-order valence-corrected chi connectivity index (χ4v) is 2.91. The summed E-state index contributed by atoms with van der Waals surface area (Å²) in [6, 6.07) is 4.67. The number of carbonyl (C=O) groups is 2. The smallest absolute Gasteiger partial charge is 0.330 e. The minimum atomic E-state index is -1.01. The number of carbonyl (C=O) groups excluding carboxylic acids is 1. The van der Waals surface area contributed by atoms with Crippen molar-refractivity contribution in [3.8, 4) is 0 Å². The zero-order valence-corrected chi connectivity index (χ0v) is 12.0. The van der Waals surface area contributed by atoms with Crippen molar-refractivity contribution < 1.29 is 14.7 Å². The van der Waals surface area contributed by atoms with E-state index in [4.69, 9.17) is 0 Å². The van der Waals surface area contributed by atoms with Gasteiger partial charge in [0.15, 0.2) is 6.04 Å². The van der Waals surface area contributed by atoms with Crippen LogP contribution in [0.2, 0.25) is 0 Å². The van der Waals surface area contributed by atoms with Crippen LogP contribution in [0.3, 0.4) is 0 Å². The van der Waals surface area contributed by atoms with Crippen molar-refractivity contribution in [2.45, 2.75) is 45.6 Å². The fourth-order valence-electron chi connectivity index (χ4n) is 2.91. The van der Waals surface area contributed by atoms with Crippen LogP contribution in [0.1, 0.15) is 48.4 Å². The molecule has 0 saturated heterocycles. The van der Waals surface area contributed by atoms with Gasteiger partial charge in [-0.1, -0.05) is 42.2 Å². The molecule has 1 aliphatic carbocycles. The lowest BCUT2D eigenvalue weighted by Crippen LogP contribution is -2.37. The summed E-state index contributed by atoms with van der Waals surface area (Å²) < 4.78 is 0. The summed E-state index contributed by atoms with van der Waals surface area (Å²) in [6.45, 7) is 3.85. The van der Waals surface area contributed by atoms with Gasteiger partial charge in [0.2, 0.25) is 5.91 Å². The number of nitrogens with one attached hydrogen (secondary N) is 1. The van der Waals surface area contributed by atoms with Gasteiger partial charge in [-0.25, -0.2) is 4.79 Å². The van der Waals surface area contributed by atoms with Crippen LogP contribution < -0.4 is 5.32 Å². The minimum absolute atomic E-state index is 0.0252. The van der Waals surface area contributed by atoms with Gasteiger partial charge in [0.05, 0.1) is 0 Å². The first-order chi connectivity index (χ1) is 9.47. The molecule has 4 nitrogen and oxygen atoms in total. The van der Waals surface area contributed by atoms with E-state index in [0.29, 0.717) is 5.56 Å². The second kappa shape index (κ2) is 6.07. The summed E-state index contributed by atoms with van der Waals surface area (Å²) in [7, 11) is 0. The molecule has 0 spiro atoms. The Morgan fingerprint density at radius 3 is 2.20 bits per heavy atom. The number of benzene rings is 1. The minimum Gasteiger partial charge on any atom is -0.479 e. The molecule has 0 radical (unpaired) electrons. The highest BCUT2D eigenvalue weighted by Crippen LogP contribution is 2.26. The van der Waals surface area contributed by atoms with E-state index in [-0.39, 0.29) is 11.8 Å². The van der Waals surface area contributed by atoms with E-state index >= 15 is 0 Å². The Labute approximate surface area is 119 Å². The standard InChI is InChI=1S/C16H21NO3/c1-10-7-11(2)9-13(8-10)14(16(19)20)17-15(18)12-5-3-4-6-12/h7-9,12,14H,3-6H2,1-2H3,(H,17,18)(H,19,20). The Morgan fingerprint density at radius 2 is 1.70 bits per heavy atom. The lowest BCUT2D eigenvalue weighted by atomic mass is 10.00. The van der Waals surface area contributed by atoms with E-state index in [1.807, 2.05) is 32.0 Å². The fraction of sp³-hybridized carbons (Fsp3) is 0.500. The van der Waals surface area contributed by atoms with Gasteiger partial charge in [-0.2, -0.15) is 0 Å². The molecule has 1 aromatic carbocycles. The molecule has 1 atom stereocenters. The third-order valence-corrected chi connectivity index (χ3v) is 3.84. The van der Waals surface area contributed by atoms with E-state index in [9.17, 15) is 14.7 Å². The number of amides is 1. The topological polar surface area (TPSA) is 66.4 Å². The number of aliphatic carboxylic acids is 1. The number of rotatable bonds is 4. The number of carboxylic acids is 1. The summed E-state index contributed by atoms with van der Waals surface area (Å²) in [6.07, 6.45) is 3.84. The Bertz CT molecular complexity index is 498. The summed E-state index contributed by atoms with van der Waals surface area (Å²) in [5.74, 6) is -1.17. The highest BCUT2D eigenvalue weighted by Gasteiger charge is 2.28. The second-order valence-corrected chi connectivity index (χ2v) is 5.68. The monoisotopic (exact) mass is 275 g/mol. The Balaban J connectivity index is 2.18. The molecule has 2 rings (SSSR count). The van der Waals surface area contributed by atoms with Gasteiger partial charge in [0.1, 0.15) is 0 Å². The first-order valence-electron chi connectivity index (χ1n) is 7.09. The lowest BCUT2D eigenvalue weighted by molar-refractivity contribution is -0.142. The molecular weight excluding hydrogens is 254 g/mol. The average molecular weight is 275 g/mol. The quantitative estimate of drug-likeness (QED) is 0.888. The zero-order chi connectivity index (χ0) is 14.7. The van der Waals surface area contributed by atoms with Gasteiger partial charge in [-0.05, 0) is 32.3 Å². The molecule has 0 aromatic heterocycles. The normalized spacial score (nSPS) is 16.9. The SMILES string of the molecule is Cc1cc(C)cc(C(NC(=O)C2CCCC2)C(=O)O)c1. The molecular formula is C16H21NO3. The van der Waals surface area contributed by atoms with Gasteiger partial charge in [0, 0.05) is 5.92 Å². The molecule has 1 aliphatic rings. The molecule has 4 heteroatoms. The van der Waals surface area contributed by atoms with Gasteiger partial charge >= 0.3 is 5.97 Å². The van der Waals surface area contributed by atoms with Crippen molar-refractivity contribution in [1.82, 2.24) is 5.32 Å². The predicted octanol–water partition coefficient (Wildman–Crippen LogP) is 2.74. The van der Waals surface area contributed by atoms with Crippen molar-refractivity contribution >= 4 is 11.9 Å². The van der Waals surface area contributed by atoms with E-state index < -0.39 is 12.0 Å². The van der Waals surface area contributed by atoms with Crippen molar-refractivity contribution in [2.24, 2.45) is 5.92 Å². The molecule has 1 fully saturated rings. The maximum Gasteiger partial charge on any atom is 0.330 e. The summed E-state index contributed by atoms with van der Waals surface area (Å²) in [5.41, 5.74) is 2.64. The largest absolute Gasteiger partial charge is 0.479 e. The van der Waals surface area contributed by atoms with E-state index in [1.54, 1.807) is 0 Å². The molecule has 108 valence electrons. The third kappa shape index (κ3) is 3.38. The number of hydrogen-bond donors (Lipinski definition) is 2. The zero-order valence-electron chi connectivity index (χ0n) is 12.0. The first-order valence-corrected chi connectivity index (χ1v) is 7.09.